The van der Waals surface area contributed by atoms with Crippen molar-refractivity contribution >= 4 is 44.6 Å². The van der Waals surface area contributed by atoms with Crippen LogP contribution in [0.15, 0.2) is 29.3 Å². The third-order valence-electron chi connectivity index (χ3n) is 4.25. The molecule has 1 aliphatic heterocycles. The van der Waals surface area contributed by atoms with Crippen LogP contribution in [0.3, 0.4) is 0 Å². The van der Waals surface area contributed by atoms with Crippen molar-refractivity contribution in [1.82, 2.24) is 4.57 Å². The largest absolute Gasteiger partial charge is 0.380 e. The van der Waals surface area contributed by atoms with Gasteiger partial charge < -0.3 is 14.6 Å². The van der Waals surface area contributed by atoms with Crippen molar-refractivity contribution in [2.24, 2.45) is 12.5 Å². The molecular formula is C17H17Cl2FN2O4S. The zero-order valence-corrected chi connectivity index (χ0v) is 16.9. The number of hydrogen-bond acceptors (Lipinski definition) is 4. The zero-order valence-electron chi connectivity index (χ0n) is 14.6. The summed E-state index contributed by atoms with van der Waals surface area (Å²) in [6, 6.07) is 3.75. The smallest absolute Gasteiger partial charge is 0.272 e. The minimum absolute atomic E-state index is 0.0541. The summed E-state index contributed by atoms with van der Waals surface area (Å²) in [4.78, 5) is 12.6. The second-order valence-corrected chi connectivity index (χ2v) is 9.75. The van der Waals surface area contributed by atoms with Gasteiger partial charge in [0.2, 0.25) is 0 Å². The minimum atomic E-state index is -3.58. The highest BCUT2D eigenvalue weighted by molar-refractivity contribution is 7.91. The Morgan fingerprint density at radius 3 is 2.41 bits per heavy atom. The summed E-state index contributed by atoms with van der Waals surface area (Å²) in [6.07, 6.45) is 1.39. The van der Waals surface area contributed by atoms with Crippen molar-refractivity contribution < 1.29 is 22.3 Å². The molecule has 1 amide bonds. The van der Waals surface area contributed by atoms with E-state index in [2.05, 4.69) is 5.32 Å². The number of aryl methyl sites for hydroxylation is 1. The predicted octanol–water partition coefficient (Wildman–Crippen LogP) is 3.53. The number of rotatable bonds is 5. The van der Waals surface area contributed by atoms with Crippen LogP contribution >= 0.6 is 23.2 Å². The van der Waals surface area contributed by atoms with E-state index in [4.69, 9.17) is 27.9 Å². The molecular weight excluding hydrogens is 418 g/mol. The van der Waals surface area contributed by atoms with E-state index in [-0.39, 0.29) is 32.1 Å². The van der Waals surface area contributed by atoms with Crippen LogP contribution in [0, 0.1) is 11.2 Å². The molecule has 0 spiro atoms. The van der Waals surface area contributed by atoms with Crippen LogP contribution in [-0.2, 0) is 21.6 Å². The van der Waals surface area contributed by atoms with Crippen molar-refractivity contribution in [3.63, 3.8) is 0 Å². The maximum Gasteiger partial charge on any atom is 0.272 e. The molecule has 146 valence electrons. The van der Waals surface area contributed by atoms with Crippen molar-refractivity contribution in [1.29, 1.82) is 0 Å². The van der Waals surface area contributed by atoms with Gasteiger partial charge in [-0.3, -0.25) is 4.79 Å². The van der Waals surface area contributed by atoms with Gasteiger partial charge in [-0.05, 0) is 18.2 Å². The average molecular weight is 435 g/mol. The highest BCUT2D eigenvalue weighted by atomic mass is 35.5. The first-order valence-corrected chi connectivity index (χ1v) is 10.3. The normalized spacial score (nSPS) is 16.0. The van der Waals surface area contributed by atoms with Crippen LogP contribution in [0.2, 0.25) is 10.0 Å². The number of benzene rings is 1. The minimum Gasteiger partial charge on any atom is -0.380 e. The number of hydrogen-bond donors (Lipinski definition) is 1. The number of nitrogens with one attached hydrogen (secondary N) is 1. The summed E-state index contributed by atoms with van der Waals surface area (Å²) in [5.74, 6) is -1.42. The van der Waals surface area contributed by atoms with Crippen LogP contribution < -0.4 is 5.32 Å². The lowest BCUT2D eigenvalue weighted by Crippen LogP contribution is -2.45. The molecule has 1 aliphatic rings. The van der Waals surface area contributed by atoms with Gasteiger partial charge in [0.15, 0.2) is 15.7 Å². The average Bonchev–Trinajstić information content (AvgIpc) is 2.93. The number of sulfone groups is 1. The standard InChI is InChI=1S/C17H17Cl2FN2O4S/c1-17(7-26-8-17)9-27(24,25)11-5-14(22(2)6-11)16(23)21-10-3-12(18)15(20)13(19)4-10/h3-6H,7-9H2,1-2H3,(H,21,23). The fourth-order valence-corrected chi connectivity index (χ4v) is 5.18. The van der Waals surface area contributed by atoms with E-state index in [1.54, 1.807) is 7.05 Å². The lowest BCUT2D eigenvalue weighted by molar-refractivity contribution is -0.0870. The summed E-state index contributed by atoms with van der Waals surface area (Å²) >= 11 is 11.4. The van der Waals surface area contributed by atoms with E-state index in [0.29, 0.717) is 13.2 Å². The topological polar surface area (TPSA) is 77.4 Å². The van der Waals surface area contributed by atoms with Crippen LogP contribution in [0.5, 0.6) is 0 Å². The van der Waals surface area contributed by atoms with Crippen LogP contribution in [-0.4, -0.2) is 37.9 Å². The summed E-state index contributed by atoms with van der Waals surface area (Å²) < 4.78 is 45.3. The van der Waals surface area contributed by atoms with Gasteiger partial charge in [-0.1, -0.05) is 30.1 Å². The number of anilines is 1. The maximum absolute atomic E-state index is 13.5. The Balaban J connectivity index is 1.82. The molecule has 1 N–H and O–H groups in total. The molecule has 0 unspecified atom stereocenters. The molecule has 1 aromatic heterocycles. The Kier molecular flexibility index (Phi) is 5.28. The molecule has 3 rings (SSSR count). The lowest BCUT2D eigenvalue weighted by atomic mass is 9.92. The number of carbonyl (C=O) groups is 1. The first kappa shape index (κ1) is 20.1. The van der Waals surface area contributed by atoms with E-state index in [1.807, 2.05) is 6.92 Å². The SMILES string of the molecule is Cn1cc(S(=O)(=O)CC2(C)COC2)cc1C(=O)Nc1cc(Cl)c(F)c(Cl)c1. The van der Waals surface area contributed by atoms with E-state index >= 15 is 0 Å². The molecule has 1 fully saturated rings. The molecule has 0 radical (unpaired) electrons. The molecule has 1 saturated heterocycles. The predicted molar refractivity (Wildman–Crippen MR) is 101 cm³/mol. The molecule has 2 heterocycles. The highest BCUT2D eigenvalue weighted by Gasteiger charge is 2.39. The molecule has 27 heavy (non-hydrogen) atoms. The van der Waals surface area contributed by atoms with Crippen LogP contribution in [0.25, 0.3) is 0 Å². The van der Waals surface area contributed by atoms with Gasteiger partial charge in [-0.15, -0.1) is 0 Å². The molecule has 10 heteroatoms. The third kappa shape index (κ3) is 4.13. The lowest BCUT2D eigenvalue weighted by Gasteiger charge is -2.37. The molecule has 0 saturated carbocycles. The highest BCUT2D eigenvalue weighted by Crippen LogP contribution is 2.31. The van der Waals surface area contributed by atoms with Gasteiger partial charge in [-0.25, -0.2) is 12.8 Å². The fourth-order valence-electron chi connectivity index (χ4n) is 2.83. The number of halogens is 3. The van der Waals surface area contributed by atoms with E-state index in [9.17, 15) is 17.6 Å². The summed E-state index contributed by atoms with van der Waals surface area (Å²) in [5, 5.41) is 2.07. The zero-order chi connectivity index (χ0) is 20.0. The Morgan fingerprint density at radius 1 is 1.30 bits per heavy atom. The molecule has 0 atom stereocenters. The third-order valence-corrected chi connectivity index (χ3v) is 6.82. The van der Waals surface area contributed by atoms with E-state index in [1.165, 1.54) is 29.0 Å². The molecule has 0 aliphatic carbocycles. The summed E-state index contributed by atoms with van der Waals surface area (Å²) in [5.41, 5.74) is -0.0973. The van der Waals surface area contributed by atoms with Crippen molar-refractivity contribution in [3.8, 4) is 0 Å². The van der Waals surface area contributed by atoms with Crippen LogP contribution in [0.1, 0.15) is 17.4 Å². The van der Waals surface area contributed by atoms with Gasteiger partial charge in [-0.2, -0.15) is 0 Å². The Morgan fingerprint density at radius 2 is 1.89 bits per heavy atom. The van der Waals surface area contributed by atoms with Crippen molar-refractivity contribution in [2.45, 2.75) is 11.8 Å². The Hall–Kier alpha value is -1.61. The second kappa shape index (κ2) is 7.09. The van der Waals surface area contributed by atoms with Crippen molar-refractivity contribution in [2.75, 3.05) is 24.3 Å². The quantitative estimate of drug-likeness (QED) is 0.729. The number of nitrogens with zero attached hydrogens (tertiary/aromatic N) is 1. The number of aromatic nitrogens is 1. The number of amides is 1. The number of ether oxygens (including phenoxy) is 1. The Bertz CT molecular complexity index is 993. The maximum atomic E-state index is 13.5. The Labute approximate surface area is 166 Å². The first-order valence-electron chi connectivity index (χ1n) is 7.93. The van der Waals surface area contributed by atoms with Gasteiger partial charge in [0.25, 0.3) is 5.91 Å². The first-order chi connectivity index (χ1) is 12.5. The van der Waals surface area contributed by atoms with Crippen molar-refractivity contribution in [3.05, 3.63) is 46.0 Å². The fraction of sp³-hybridized carbons (Fsp3) is 0.353. The van der Waals surface area contributed by atoms with Gasteiger partial charge in [0.05, 0.1) is 33.9 Å². The van der Waals surface area contributed by atoms with Crippen LogP contribution in [0.4, 0.5) is 10.1 Å². The van der Waals surface area contributed by atoms with Gasteiger partial charge >= 0.3 is 0 Å². The van der Waals surface area contributed by atoms with Gasteiger partial charge in [0, 0.05) is 24.3 Å². The molecule has 6 nitrogen and oxygen atoms in total. The second-order valence-electron chi connectivity index (χ2n) is 6.94. The molecule has 1 aromatic carbocycles. The summed E-state index contributed by atoms with van der Waals surface area (Å²) in [6.45, 7) is 2.61. The number of carbonyl (C=O) groups excluding carboxylic acids is 1. The monoisotopic (exact) mass is 434 g/mol. The molecule has 2 aromatic rings. The van der Waals surface area contributed by atoms with E-state index in [0.717, 1.165) is 0 Å². The molecule has 0 bridgehead atoms. The summed E-state index contributed by atoms with van der Waals surface area (Å²) in [7, 11) is -2.02. The van der Waals surface area contributed by atoms with Gasteiger partial charge in [0.1, 0.15) is 5.69 Å². The van der Waals surface area contributed by atoms with E-state index < -0.39 is 27.0 Å².